The summed E-state index contributed by atoms with van der Waals surface area (Å²) >= 11 is 0. The fraction of sp³-hybridized carbons (Fsp3) is 0.933. The molecule has 0 rings (SSSR count). The van der Waals surface area contributed by atoms with Crippen molar-refractivity contribution in [3.8, 4) is 0 Å². The van der Waals surface area contributed by atoms with Crippen molar-refractivity contribution in [1.82, 2.24) is 0 Å². The molecule has 1 N–H and O–H groups in total. The Kier molecular flexibility index (Phi) is 25.7. The first-order valence-electron chi connectivity index (χ1n) is 15.0. The molecule has 0 radical (unpaired) electrons. The second kappa shape index (κ2) is 26.5. The van der Waals surface area contributed by atoms with Crippen LogP contribution in [0.1, 0.15) is 174 Å². The van der Waals surface area contributed by atoms with E-state index in [-0.39, 0.29) is 18.5 Å². The molecule has 4 nitrogen and oxygen atoms in total. The summed E-state index contributed by atoms with van der Waals surface area (Å²) in [7, 11) is 0. The number of unbranched alkanes of at least 4 members (excludes halogenated alkanes) is 18. The Labute approximate surface area is 212 Å². The zero-order valence-electron chi connectivity index (χ0n) is 22.9. The minimum absolute atomic E-state index is 0.00553. The molecular weight excluding hydrogens is 424 g/mol. The van der Waals surface area contributed by atoms with E-state index in [4.69, 9.17) is 9.84 Å². The number of rotatable bonds is 27. The van der Waals surface area contributed by atoms with Gasteiger partial charge in [-0.15, -0.1) is 0 Å². The average molecular weight is 483 g/mol. The lowest BCUT2D eigenvalue weighted by Gasteiger charge is -2.18. The minimum Gasteiger partial charge on any atom is -0.481 e. The molecule has 0 aliphatic carbocycles. The molecule has 202 valence electrons. The third-order valence-electron chi connectivity index (χ3n) is 6.83. The zero-order chi connectivity index (χ0) is 25.1. The third-order valence-corrected chi connectivity index (χ3v) is 6.83. The van der Waals surface area contributed by atoms with Crippen molar-refractivity contribution < 1.29 is 19.4 Å². The Morgan fingerprint density at radius 3 is 1.32 bits per heavy atom. The van der Waals surface area contributed by atoms with Gasteiger partial charge in [0.25, 0.3) is 0 Å². The van der Waals surface area contributed by atoms with Crippen molar-refractivity contribution in [2.75, 3.05) is 0 Å². The highest BCUT2D eigenvalue weighted by molar-refractivity contribution is 5.69. The molecular formula is C30H58O4. The number of esters is 1. The maximum atomic E-state index is 12.4. The highest BCUT2D eigenvalue weighted by Gasteiger charge is 2.14. The van der Waals surface area contributed by atoms with Crippen LogP contribution in [0.3, 0.4) is 0 Å². The summed E-state index contributed by atoms with van der Waals surface area (Å²) in [6.45, 7) is 4.49. The summed E-state index contributed by atoms with van der Waals surface area (Å²) < 4.78 is 5.87. The number of carbonyl (C=O) groups excluding carboxylic acids is 1. The van der Waals surface area contributed by atoms with Crippen molar-refractivity contribution in [2.24, 2.45) is 0 Å². The first kappa shape index (κ1) is 32.9. The van der Waals surface area contributed by atoms with Crippen LogP contribution in [-0.4, -0.2) is 23.1 Å². The van der Waals surface area contributed by atoms with Crippen LogP contribution >= 0.6 is 0 Å². The van der Waals surface area contributed by atoms with E-state index in [9.17, 15) is 9.59 Å². The minimum atomic E-state index is -0.702. The van der Waals surface area contributed by atoms with E-state index in [0.717, 1.165) is 64.2 Å². The first-order valence-corrected chi connectivity index (χ1v) is 15.0. The van der Waals surface area contributed by atoms with Crippen molar-refractivity contribution in [2.45, 2.75) is 180 Å². The molecule has 0 aliphatic heterocycles. The highest BCUT2D eigenvalue weighted by atomic mass is 16.5. The van der Waals surface area contributed by atoms with Crippen LogP contribution in [0.2, 0.25) is 0 Å². The molecule has 0 aliphatic rings. The Bertz CT molecular complexity index is 449. The largest absolute Gasteiger partial charge is 0.481 e. The fourth-order valence-electron chi connectivity index (χ4n) is 4.59. The number of aliphatic carboxylic acids is 1. The standard InChI is InChI=1S/C30H58O4/c1-3-5-7-9-10-11-12-13-14-15-19-23-27-30(33)34-28(24-20-8-6-4-2)25-21-17-16-18-22-26-29(31)32/h28H,3-27H2,1-2H3,(H,31,32). The fourth-order valence-corrected chi connectivity index (χ4v) is 4.59. The SMILES string of the molecule is CCCCCCCCCCCCCCC(=O)OC(CCCCCC)CCCCCCCC(=O)O. The molecule has 0 aromatic heterocycles. The molecule has 0 heterocycles. The van der Waals surface area contributed by atoms with Gasteiger partial charge in [0.1, 0.15) is 6.10 Å². The number of carboxylic acid groups (broad SMARTS) is 1. The molecule has 0 aromatic rings. The number of carboxylic acids is 1. The molecule has 0 bridgehead atoms. The van der Waals surface area contributed by atoms with Crippen LogP contribution in [-0.2, 0) is 14.3 Å². The van der Waals surface area contributed by atoms with Gasteiger partial charge >= 0.3 is 11.9 Å². The van der Waals surface area contributed by atoms with Crippen molar-refractivity contribution in [3.63, 3.8) is 0 Å². The summed E-state index contributed by atoms with van der Waals surface area (Å²) in [4.78, 5) is 23.0. The molecule has 0 fully saturated rings. The lowest BCUT2D eigenvalue weighted by molar-refractivity contribution is -0.150. The Morgan fingerprint density at radius 2 is 0.882 bits per heavy atom. The molecule has 0 aromatic carbocycles. The van der Waals surface area contributed by atoms with Gasteiger partial charge in [0.2, 0.25) is 0 Å². The molecule has 4 heteroatoms. The Hall–Kier alpha value is -1.06. The van der Waals surface area contributed by atoms with Crippen LogP contribution in [0.25, 0.3) is 0 Å². The van der Waals surface area contributed by atoms with Gasteiger partial charge in [-0.25, -0.2) is 0 Å². The second-order valence-corrected chi connectivity index (χ2v) is 10.3. The van der Waals surface area contributed by atoms with Crippen LogP contribution in [0.15, 0.2) is 0 Å². The van der Waals surface area contributed by atoms with E-state index in [0.29, 0.717) is 6.42 Å². The second-order valence-electron chi connectivity index (χ2n) is 10.3. The molecule has 0 spiro atoms. The van der Waals surface area contributed by atoms with Crippen molar-refractivity contribution in [3.05, 3.63) is 0 Å². The van der Waals surface area contributed by atoms with E-state index in [1.54, 1.807) is 0 Å². The van der Waals surface area contributed by atoms with Gasteiger partial charge in [-0.1, -0.05) is 123 Å². The molecule has 0 amide bonds. The van der Waals surface area contributed by atoms with E-state index >= 15 is 0 Å². The van der Waals surface area contributed by atoms with Gasteiger partial charge in [-0.3, -0.25) is 9.59 Å². The third kappa shape index (κ3) is 25.6. The van der Waals surface area contributed by atoms with Crippen LogP contribution in [0.5, 0.6) is 0 Å². The lowest BCUT2D eigenvalue weighted by Crippen LogP contribution is -2.18. The van der Waals surface area contributed by atoms with Gasteiger partial charge < -0.3 is 9.84 Å². The van der Waals surface area contributed by atoms with E-state index in [2.05, 4.69) is 13.8 Å². The smallest absolute Gasteiger partial charge is 0.306 e. The topological polar surface area (TPSA) is 63.6 Å². The summed E-state index contributed by atoms with van der Waals surface area (Å²) in [6, 6.07) is 0. The maximum Gasteiger partial charge on any atom is 0.306 e. The van der Waals surface area contributed by atoms with Gasteiger partial charge in [-0.2, -0.15) is 0 Å². The molecule has 0 saturated heterocycles. The van der Waals surface area contributed by atoms with Crippen LogP contribution in [0.4, 0.5) is 0 Å². The number of hydrogen-bond donors (Lipinski definition) is 1. The maximum absolute atomic E-state index is 12.4. The predicted octanol–water partition coefficient (Wildman–Crippen LogP) is 9.78. The van der Waals surface area contributed by atoms with Gasteiger partial charge in [0.15, 0.2) is 0 Å². The number of carbonyl (C=O) groups is 2. The average Bonchev–Trinajstić information content (AvgIpc) is 2.81. The van der Waals surface area contributed by atoms with E-state index in [1.165, 1.54) is 83.5 Å². The monoisotopic (exact) mass is 482 g/mol. The van der Waals surface area contributed by atoms with Crippen LogP contribution in [0, 0.1) is 0 Å². The zero-order valence-corrected chi connectivity index (χ0v) is 22.9. The Balaban J connectivity index is 3.83. The molecule has 1 atom stereocenters. The lowest BCUT2D eigenvalue weighted by atomic mass is 10.0. The van der Waals surface area contributed by atoms with Gasteiger partial charge in [0.05, 0.1) is 0 Å². The summed E-state index contributed by atoms with van der Waals surface area (Å²) in [6.07, 6.45) is 28.3. The predicted molar refractivity (Wildman–Crippen MR) is 144 cm³/mol. The highest BCUT2D eigenvalue weighted by Crippen LogP contribution is 2.18. The molecule has 0 saturated carbocycles. The van der Waals surface area contributed by atoms with Gasteiger partial charge in [0, 0.05) is 12.8 Å². The Morgan fingerprint density at radius 1 is 0.529 bits per heavy atom. The number of ether oxygens (including phenoxy) is 1. The summed E-state index contributed by atoms with van der Waals surface area (Å²) in [5.41, 5.74) is 0. The molecule has 34 heavy (non-hydrogen) atoms. The van der Waals surface area contributed by atoms with E-state index < -0.39 is 5.97 Å². The molecule has 1 unspecified atom stereocenters. The first-order chi connectivity index (χ1) is 16.6. The van der Waals surface area contributed by atoms with Crippen molar-refractivity contribution in [1.29, 1.82) is 0 Å². The quantitative estimate of drug-likeness (QED) is 0.0934. The van der Waals surface area contributed by atoms with Crippen LogP contribution < -0.4 is 0 Å². The summed E-state index contributed by atoms with van der Waals surface area (Å²) in [5, 5.41) is 8.71. The van der Waals surface area contributed by atoms with E-state index in [1.807, 2.05) is 0 Å². The van der Waals surface area contributed by atoms with Crippen molar-refractivity contribution >= 4 is 11.9 Å². The summed E-state index contributed by atoms with van der Waals surface area (Å²) in [5.74, 6) is -0.707. The number of hydrogen-bond acceptors (Lipinski definition) is 3. The normalized spacial score (nSPS) is 12.1. The van der Waals surface area contributed by atoms with Gasteiger partial charge in [-0.05, 0) is 38.5 Å².